The van der Waals surface area contributed by atoms with E-state index in [1.54, 1.807) is 4.68 Å². The molecule has 1 unspecified atom stereocenters. The molecule has 1 aromatic rings. The van der Waals surface area contributed by atoms with Gasteiger partial charge in [-0.1, -0.05) is 5.21 Å². The maximum absolute atomic E-state index is 10.6. The minimum absolute atomic E-state index is 0.00165. The average molecular weight is 256 g/mol. The van der Waals surface area contributed by atoms with Crippen molar-refractivity contribution < 1.29 is 9.90 Å². The molecule has 2 N–H and O–H groups in total. The van der Waals surface area contributed by atoms with Crippen molar-refractivity contribution in [3.8, 4) is 0 Å². The Morgan fingerprint density at radius 1 is 1.71 bits per heavy atom. The van der Waals surface area contributed by atoms with Crippen LogP contribution in [0, 0.1) is 0 Å². The largest absolute Gasteiger partial charge is 0.476 e. The molecule has 0 aliphatic carbocycles. The van der Waals surface area contributed by atoms with Gasteiger partial charge in [-0.2, -0.15) is 11.8 Å². The van der Waals surface area contributed by atoms with Gasteiger partial charge in [0, 0.05) is 18.3 Å². The lowest BCUT2D eigenvalue weighted by atomic mass is 10.2. The number of carbonyl (C=O) groups is 1. The molecule has 0 aromatic carbocycles. The highest BCUT2D eigenvalue weighted by atomic mass is 32.2. The van der Waals surface area contributed by atoms with Crippen molar-refractivity contribution in [3.05, 3.63) is 11.9 Å². The third-order valence-corrected chi connectivity index (χ3v) is 3.91. The SMILES string of the molecule is O=C(O)c1cn(CCNC2CCCSC2)nn1. The number of rotatable bonds is 5. The zero-order valence-corrected chi connectivity index (χ0v) is 10.3. The summed E-state index contributed by atoms with van der Waals surface area (Å²) in [6.45, 7) is 1.45. The zero-order valence-electron chi connectivity index (χ0n) is 9.50. The highest BCUT2D eigenvalue weighted by Crippen LogP contribution is 2.16. The van der Waals surface area contributed by atoms with Gasteiger partial charge in [-0.3, -0.25) is 4.68 Å². The lowest BCUT2D eigenvalue weighted by Gasteiger charge is -2.22. The summed E-state index contributed by atoms with van der Waals surface area (Å²) in [6, 6.07) is 0.580. The molecule has 0 radical (unpaired) electrons. The third kappa shape index (κ3) is 3.71. The maximum Gasteiger partial charge on any atom is 0.358 e. The molecule has 1 aromatic heterocycles. The van der Waals surface area contributed by atoms with Crippen LogP contribution in [0.4, 0.5) is 0 Å². The molecular weight excluding hydrogens is 240 g/mol. The summed E-state index contributed by atoms with van der Waals surface area (Å²) in [7, 11) is 0. The average Bonchev–Trinajstić information content (AvgIpc) is 2.79. The number of hydrogen-bond acceptors (Lipinski definition) is 5. The second-order valence-corrected chi connectivity index (χ2v) is 5.19. The standard InChI is InChI=1S/C10H16N4O2S/c15-10(16)9-6-14(13-12-9)4-3-11-8-2-1-5-17-7-8/h6,8,11H,1-5,7H2,(H,15,16). The van der Waals surface area contributed by atoms with Crippen molar-refractivity contribution in [2.75, 3.05) is 18.1 Å². The third-order valence-electron chi connectivity index (χ3n) is 2.69. The molecule has 94 valence electrons. The monoisotopic (exact) mass is 256 g/mol. The summed E-state index contributed by atoms with van der Waals surface area (Å²) in [5, 5.41) is 19.5. The van der Waals surface area contributed by atoms with Gasteiger partial charge in [0.15, 0.2) is 5.69 Å². The molecule has 0 bridgehead atoms. The molecule has 1 aliphatic rings. The number of nitrogens with zero attached hydrogens (tertiary/aromatic N) is 3. The van der Waals surface area contributed by atoms with Crippen LogP contribution in [0.3, 0.4) is 0 Å². The summed E-state index contributed by atoms with van der Waals surface area (Å²) >= 11 is 1.98. The Hall–Kier alpha value is -1.08. The lowest BCUT2D eigenvalue weighted by molar-refractivity contribution is 0.0690. The molecule has 17 heavy (non-hydrogen) atoms. The Bertz CT molecular complexity index is 376. The normalized spacial score (nSPS) is 20.4. The number of aromatic nitrogens is 3. The van der Waals surface area contributed by atoms with Crippen LogP contribution >= 0.6 is 11.8 Å². The van der Waals surface area contributed by atoms with Gasteiger partial charge in [0.2, 0.25) is 0 Å². The van der Waals surface area contributed by atoms with Gasteiger partial charge in [0.25, 0.3) is 0 Å². The first-order chi connectivity index (χ1) is 8.25. The first-order valence-corrected chi connectivity index (χ1v) is 6.86. The van der Waals surface area contributed by atoms with Crippen molar-refractivity contribution in [2.45, 2.75) is 25.4 Å². The van der Waals surface area contributed by atoms with Crippen LogP contribution in [-0.2, 0) is 6.54 Å². The fraction of sp³-hybridized carbons (Fsp3) is 0.700. The van der Waals surface area contributed by atoms with E-state index in [-0.39, 0.29) is 5.69 Å². The van der Waals surface area contributed by atoms with Gasteiger partial charge in [0.05, 0.1) is 12.7 Å². The molecule has 0 amide bonds. The van der Waals surface area contributed by atoms with Gasteiger partial charge in [-0.15, -0.1) is 5.10 Å². The van der Waals surface area contributed by atoms with E-state index in [2.05, 4.69) is 15.6 Å². The number of carboxylic acids is 1. The predicted molar refractivity (Wildman–Crippen MR) is 65.3 cm³/mol. The van der Waals surface area contributed by atoms with Crippen molar-refractivity contribution in [3.63, 3.8) is 0 Å². The minimum atomic E-state index is -1.03. The quantitative estimate of drug-likeness (QED) is 0.797. The second-order valence-electron chi connectivity index (χ2n) is 4.04. The predicted octanol–water partition coefficient (Wildman–Crippen LogP) is 0.461. The number of thioether (sulfide) groups is 1. The van der Waals surface area contributed by atoms with E-state index in [0.29, 0.717) is 12.6 Å². The number of carboxylic acid groups (broad SMARTS) is 1. The fourth-order valence-electron chi connectivity index (χ4n) is 1.79. The summed E-state index contributed by atoms with van der Waals surface area (Å²) < 4.78 is 1.56. The van der Waals surface area contributed by atoms with Crippen molar-refractivity contribution >= 4 is 17.7 Å². The van der Waals surface area contributed by atoms with Crippen molar-refractivity contribution in [1.29, 1.82) is 0 Å². The van der Waals surface area contributed by atoms with Crippen LogP contribution in [0.1, 0.15) is 23.3 Å². The number of hydrogen-bond donors (Lipinski definition) is 2. The molecule has 6 nitrogen and oxygen atoms in total. The van der Waals surface area contributed by atoms with Gasteiger partial charge in [0.1, 0.15) is 0 Å². The van der Waals surface area contributed by atoms with Crippen LogP contribution in [0.15, 0.2) is 6.20 Å². The van der Waals surface area contributed by atoms with Crippen molar-refractivity contribution in [1.82, 2.24) is 20.3 Å². The first-order valence-electron chi connectivity index (χ1n) is 5.70. The van der Waals surface area contributed by atoms with Gasteiger partial charge in [-0.25, -0.2) is 4.79 Å². The lowest BCUT2D eigenvalue weighted by Crippen LogP contribution is -2.35. The molecule has 0 saturated carbocycles. The van der Waals surface area contributed by atoms with E-state index in [0.717, 1.165) is 12.3 Å². The Morgan fingerprint density at radius 3 is 3.24 bits per heavy atom. The van der Waals surface area contributed by atoms with Crippen LogP contribution in [0.2, 0.25) is 0 Å². The van der Waals surface area contributed by atoms with Gasteiger partial charge in [-0.05, 0) is 18.6 Å². The molecule has 1 saturated heterocycles. The Kier molecular flexibility index (Phi) is 4.38. The molecule has 7 heteroatoms. The number of nitrogens with one attached hydrogen (secondary N) is 1. The molecular formula is C10H16N4O2S. The molecule has 1 fully saturated rings. The Labute approximate surface area is 104 Å². The molecule has 1 aliphatic heterocycles. The second kappa shape index (κ2) is 6.02. The van der Waals surface area contributed by atoms with Crippen molar-refractivity contribution in [2.24, 2.45) is 0 Å². The fourth-order valence-corrected chi connectivity index (χ4v) is 2.90. The molecule has 0 spiro atoms. The number of aromatic carboxylic acids is 1. The molecule has 2 heterocycles. The smallest absolute Gasteiger partial charge is 0.358 e. The molecule has 1 atom stereocenters. The summed E-state index contributed by atoms with van der Waals surface area (Å²) in [4.78, 5) is 10.6. The van der Waals surface area contributed by atoms with Crippen LogP contribution < -0.4 is 5.32 Å². The summed E-state index contributed by atoms with van der Waals surface area (Å²) in [6.07, 6.45) is 3.96. The van der Waals surface area contributed by atoms with Gasteiger partial charge >= 0.3 is 5.97 Å². The Morgan fingerprint density at radius 2 is 2.59 bits per heavy atom. The topological polar surface area (TPSA) is 80.0 Å². The highest BCUT2D eigenvalue weighted by molar-refractivity contribution is 7.99. The molecule has 2 rings (SSSR count). The minimum Gasteiger partial charge on any atom is -0.476 e. The van der Waals surface area contributed by atoms with Gasteiger partial charge < -0.3 is 10.4 Å². The van der Waals surface area contributed by atoms with E-state index < -0.39 is 5.97 Å². The van der Waals surface area contributed by atoms with Crippen LogP contribution in [0.5, 0.6) is 0 Å². The van der Waals surface area contributed by atoms with E-state index in [9.17, 15) is 4.79 Å². The van der Waals surface area contributed by atoms with Crippen LogP contribution in [-0.4, -0.2) is 50.2 Å². The van der Waals surface area contributed by atoms with Crippen LogP contribution in [0.25, 0.3) is 0 Å². The zero-order chi connectivity index (χ0) is 12.1. The van der Waals surface area contributed by atoms with E-state index in [1.165, 1.54) is 24.8 Å². The highest BCUT2D eigenvalue weighted by Gasteiger charge is 2.13. The van der Waals surface area contributed by atoms with E-state index in [1.807, 2.05) is 11.8 Å². The van der Waals surface area contributed by atoms with E-state index >= 15 is 0 Å². The Balaban J connectivity index is 1.71. The summed E-state index contributed by atoms with van der Waals surface area (Å²) in [5.74, 6) is 1.40. The summed E-state index contributed by atoms with van der Waals surface area (Å²) in [5.41, 5.74) is -0.00165. The first kappa shape index (κ1) is 12.4. The van der Waals surface area contributed by atoms with E-state index in [4.69, 9.17) is 5.11 Å². The maximum atomic E-state index is 10.6.